The average molecular weight is 269 g/mol. The van der Waals surface area contributed by atoms with Crippen molar-refractivity contribution >= 4 is 0 Å². The van der Waals surface area contributed by atoms with Gasteiger partial charge in [0.05, 0.1) is 19.3 Å². The first-order chi connectivity index (χ1) is 9.92. The van der Waals surface area contributed by atoms with E-state index in [1.165, 1.54) is 11.1 Å². The van der Waals surface area contributed by atoms with Crippen LogP contribution in [0.5, 0.6) is 5.75 Å². The minimum Gasteiger partial charge on any atom is -0.489 e. The molecule has 1 aliphatic heterocycles. The van der Waals surface area contributed by atoms with Gasteiger partial charge in [-0.3, -0.25) is 0 Å². The lowest BCUT2D eigenvalue weighted by atomic mass is 10.1. The molecule has 2 aromatic carbocycles. The molecule has 1 atom stereocenters. The van der Waals surface area contributed by atoms with Gasteiger partial charge in [0.2, 0.25) is 0 Å². The lowest BCUT2D eigenvalue weighted by Gasteiger charge is -2.24. The number of benzene rings is 2. The second-order valence-corrected chi connectivity index (χ2v) is 4.92. The molecule has 0 aromatic heterocycles. The Morgan fingerprint density at radius 1 is 1.05 bits per heavy atom. The topological polar surface area (TPSA) is 30.5 Å². The van der Waals surface area contributed by atoms with Crippen LogP contribution in [0.2, 0.25) is 0 Å². The molecule has 0 saturated carbocycles. The predicted octanol–water partition coefficient (Wildman–Crippen LogP) is 2.93. The van der Waals surface area contributed by atoms with E-state index in [0.29, 0.717) is 12.6 Å². The van der Waals surface area contributed by atoms with Crippen LogP contribution in [-0.4, -0.2) is 19.8 Å². The highest BCUT2D eigenvalue weighted by molar-refractivity contribution is 5.29. The molecule has 3 heteroatoms. The van der Waals surface area contributed by atoms with E-state index in [1.54, 1.807) is 0 Å². The van der Waals surface area contributed by atoms with Crippen molar-refractivity contribution < 1.29 is 9.47 Å². The number of hydrogen-bond donors (Lipinski definition) is 1. The summed E-state index contributed by atoms with van der Waals surface area (Å²) in [5.74, 6) is 0.898. The number of nitrogens with one attached hydrogen (secondary N) is 1. The molecule has 1 heterocycles. The van der Waals surface area contributed by atoms with E-state index in [0.717, 1.165) is 25.5 Å². The molecule has 1 fully saturated rings. The zero-order chi connectivity index (χ0) is 13.6. The van der Waals surface area contributed by atoms with Gasteiger partial charge in [0.15, 0.2) is 0 Å². The van der Waals surface area contributed by atoms with E-state index >= 15 is 0 Å². The Morgan fingerprint density at radius 3 is 2.55 bits per heavy atom. The third kappa shape index (κ3) is 3.38. The molecule has 2 aromatic rings. The van der Waals surface area contributed by atoms with Crippen LogP contribution in [0.4, 0.5) is 0 Å². The summed E-state index contributed by atoms with van der Waals surface area (Å²) in [6.45, 7) is 3.06. The minimum atomic E-state index is 0.298. The lowest BCUT2D eigenvalue weighted by molar-refractivity contribution is 0.0768. The third-order valence-corrected chi connectivity index (χ3v) is 3.45. The molecule has 0 spiro atoms. The maximum Gasteiger partial charge on any atom is 0.119 e. The van der Waals surface area contributed by atoms with Gasteiger partial charge < -0.3 is 14.8 Å². The zero-order valence-electron chi connectivity index (χ0n) is 11.4. The largest absolute Gasteiger partial charge is 0.489 e. The van der Waals surface area contributed by atoms with Crippen LogP contribution in [0.25, 0.3) is 0 Å². The standard InChI is InChI=1S/C17H19NO2/c1-2-4-14(5-3-1)12-20-16-8-6-15(7-9-16)17-13-19-11-10-18-17/h1-9,17-18H,10-13H2/t17-/m1/s1. The van der Waals surface area contributed by atoms with Gasteiger partial charge >= 0.3 is 0 Å². The smallest absolute Gasteiger partial charge is 0.119 e. The Kier molecular flexibility index (Phi) is 4.31. The Labute approximate surface area is 119 Å². The molecule has 3 nitrogen and oxygen atoms in total. The summed E-state index contributed by atoms with van der Waals surface area (Å²) in [6, 6.07) is 18.7. The van der Waals surface area contributed by atoms with Crippen LogP contribution in [0.15, 0.2) is 54.6 Å². The summed E-state index contributed by atoms with van der Waals surface area (Å²) in [4.78, 5) is 0. The maximum atomic E-state index is 5.78. The highest BCUT2D eigenvalue weighted by Gasteiger charge is 2.14. The van der Waals surface area contributed by atoms with Crippen LogP contribution in [0, 0.1) is 0 Å². The number of ether oxygens (including phenoxy) is 2. The maximum absolute atomic E-state index is 5.78. The van der Waals surface area contributed by atoms with Gasteiger partial charge in [-0.2, -0.15) is 0 Å². The zero-order valence-corrected chi connectivity index (χ0v) is 11.4. The molecule has 0 bridgehead atoms. The van der Waals surface area contributed by atoms with Crippen LogP contribution < -0.4 is 10.1 Å². The van der Waals surface area contributed by atoms with E-state index in [4.69, 9.17) is 9.47 Å². The highest BCUT2D eigenvalue weighted by atomic mass is 16.5. The first-order valence-corrected chi connectivity index (χ1v) is 6.99. The minimum absolute atomic E-state index is 0.298. The second kappa shape index (κ2) is 6.55. The first-order valence-electron chi connectivity index (χ1n) is 6.99. The number of morpholine rings is 1. The molecule has 0 unspecified atom stereocenters. The summed E-state index contributed by atoms with van der Waals surface area (Å²) >= 11 is 0. The normalized spacial score (nSPS) is 18.7. The summed E-state index contributed by atoms with van der Waals surface area (Å²) < 4.78 is 11.3. The van der Waals surface area contributed by atoms with Crippen molar-refractivity contribution in [2.75, 3.05) is 19.8 Å². The van der Waals surface area contributed by atoms with Gasteiger partial charge in [-0.1, -0.05) is 42.5 Å². The third-order valence-electron chi connectivity index (χ3n) is 3.45. The molecule has 1 N–H and O–H groups in total. The van der Waals surface area contributed by atoms with Gasteiger partial charge in [-0.05, 0) is 23.3 Å². The fourth-order valence-corrected chi connectivity index (χ4v) is 2.32. The second-order valence-electron chi connectivity index (χ2n) is 4.92. The van der Waals surface area contributed by atoms with Crippen LogP contribution in [-0.2, 0) is 11.3 Å². The fraction of sp³-hybridized carbons (Fsp3) is 0.294. The van der Waals surface area contributed by atoms with E-state index in [9.17, 15) is 0 Å². The molecule has 0 aliphatic carbocycles. The molecule has 104 valence electrons. The molecular formula is C17H19NO2. The average Bonchev–Trinajstić information content (AvgIpc) is 2.55. The molecule has 3 rings (SSSR count). The van der Waals surface area contributed by atoms with Crippen molar-refractivity contribution in [1.82, 2.24) is 5.32 Å². The Bertz CT molecular complexity index is 518. The first kappa shape index (κ1) is 13.2. The fourth-order valence-electron chi connectivity index (χ4n) is 2.32. The lowest BCUT2D eigenvalue weighted by Crippen LogP contribution is -2.34. The summed E-state index contributed by atoms with van der Waals surface area (Å²) in [5, 5.41) is 3.45. The van der Waals surface area contributed by atoms with Crippen molar-refractivity contribution in [1.29, 1.82) is 0 Å². The van der Waals surface area contributed by atoms with Crippen LogP contribution in [0.1, 0.15) is 17.2 Å². The quantitative estimate of drug-likeness (QED) is 0.925. The Hall–Kier alpha value is -1.84. The number of hydrogen-bond acceptors (Lipinski definition) is 3. The highest BCUT2D eigenvalue weighted by Crippen LogP contribution is 2.20. The Morgan fingerprint density at radius 2 is 1.85 bits per heavy atom. The van der Waals surface area contributed by atoms with E-state index in [1.807, 2.05) is 30.3 Å². The van der Waals surface area contributed by atoms with Crippen molar-refractivity contribution in [3.8, 4) is 5.75 Å². The van der Waals surface area contributed by atoms with Crippen LogP contribution in [0.3, 0.4) is 0 Å². The van der Waals surface area contributed by atoms with E-state index in [-0.39, 0.29) is 0 Å². The predicted molar refractivity (Wildman–Crippen MR) is 78.8 cm³/mol. The van der Waals surface area contributed by atoms with Gasteiger partial charge in [0, 0.05) is 6.54 Å². The monoisotopic (exact) mass is 269 g/mol. The number of rotatable bonds is 4. The van der Waals surface area contributed by atoms with Gasteiger partial charge in [0.25, 0.3) is 0 Å². The van der Waals surface area contributed by atoms with Gasteiger partial charge in [-0.15, -0.1) is 0 Å². The Balaban J connectivity index is 1.58. The SMILES string of the molecule is c1ccc(COc2ccc([C@H]3COCCN3)cc2)cc1. The molecule has 1 aliphatic rings. The summed E-state index contributed by atoms with van der Waals surface area (Å²) in [6.07, 6.45) is 0. The van der Waals surface area contributed by atoms with Crippen molar-refractivity contribution in [2.45, 2.75) is 12.6 Å². The van der Waals surface area contributed by atoms with Crippen molar-refractivity contribution in [3.63, 3.8) is 0 Å². The van der Waals surface area contributed by atoms with Gasteiger partial charge in [-0.25, -0.2) is 0 Å². The molecule has 1 saturated heterocycles. The van der Waals surface area contributed by atoms with Crippen LogP contribution >= 0.6 is 0 Å². The summed E-state index contributed by atoms with van der Waals surface area (Å²) in [7, 11) is 0. The molecule has 0 radical (unpaired) electrons. The molecule has 20 heavy (non-hydrogen) atoms. The van der Waals surface area contributed by atoms with Crippen molar-refractivity contribution in [2.24, 2.45) is 0 Å². The summed E-state index contributed by atoms with van der Waals surface area (Å²) in [5.41, 5.74) is 2.43. The molecular weight excluding hydrogens is 250 g/mol. The van der Waals surface area contributed by atoms with E-state index < -0.39 is 0 Å². The van der Waals surface area contributed by atoms with Gasteiger partial charge in [0.1, 0.15) is 12.4 Å². The van der Waals surface area contributed by atoms with Crippen molar-refractivity contribution in [3.05, 3.63) is 65.7 Å². The van der Waals surface area contributed by atoms with E-state index in [2.05, 4.69) is 29.6 Å². The molecule has 0 amide bonds.